The normalized spacial score (nSPS) is 14.8. The topological polar surface area (TPSA) is 96.6 Å². The fraction of sp³-hybridized carbons (Fsp3) is 0.455. The largest absolute Gasteiger partial charge is 0.480 e. The average Bonchev–Trinajstić information content (AvgIpc) is 3.18. The molecule has 114 valence electrons. The molecule has 1 aromatic heterocycles. The molecule has 1 aliphatic carbocycles. The Labute approximate surface area is 116 Å². The molecule has 1 fully saturated rings. The third-order valence-electron chi connectivity index (χ3n) is 2.95. The van der Waals surface area contributed by atoms with Crippen molar-refractivity contribution in [1.29, 1.82) is 0 Å². The van der Waals surface area contributed by atoms with Gasteiger partial charge in [-0.3, -0.25) is 14.9 Å². The van der Waals surface area contributed by atoms with Gasteiger partial charge in [-0.1, -0.05) is 0 Å². The van der Waals surface area contributed by atoms with Crippen molar-refractivity contribution in [2.75, 3.05) is 11.4 Å². The summed E-state index contributed by atoms with van der Waals surface area (Å²) >= 11 is 0. The zero-order chi connectivity index (χ0) is 15.8. The van der Waals surface area contributed by atoms with Crippen LogP contribution in [-0.4, -0.2) is 33.6 Å². The number of aliphatic carboxylic acids is 1. The second-order valence-electron chi connectivity index (χ2n) is 4.57. The lowest BCUT2D eigenvalue weighted by Crippen LogP contribution is -2.32. The number of hydrogen-bond donors (Lipinski definition) is 1. The Balaban J connectivity index is 2.50. The number of alkyl halides is 3. The number of aromatic nitrogens is 1. The van der Waals surface area contributed by atoms with Crippen molar-refractivity contribution >= 4 is 17.3 Å². The Bertz CT molecular complexity index is 587. The van der Waals surface area contributed by atoms with Gasteiger partial charge in [0, 0.05) is 6.04 Å². The number of pyridine rings is 1. The number of halogens is 3. The van der Waals surface area contributed by atoms with E-state index in [1.807, 2.05) is 0 Å². The second kappa shape index (κ2) is 5.19. The van der Waals surface area contributed by atoms with E-state index in [4.69, 9.17) is 5.11 Å². The Kier molecular flexibility index (Phi) is 3.71. The van der Waals surface area contributed by atoms with E-state index in [9.17, 15) is 28.1 Å². The zero-order valence-corrected chi connectivity index (χ0v) is 10.5. The molecule has 10 heteroatoms. The SMILES string of the molecule is O=C(O)CN(c1cc(C(F)(F)F)ncc1[N+](=O)[O-])C1CC1. The summed E-state index contributed by atoms with van der Waals surface area (Å²) in [6, 6.07) is 0.225. The van der Waals surface area contributed by atoms with Gasteiger partial charge >= 0.3 is 17.8 Å². The van der Waals surface area contributed by atoms with E-state index in [2.05, 4.69) is 4.98 Å². The number of carboxylic acids is 1. The van der Waals surface area contributed by atoms with Crippen LogP contribution < -0.4 is 4.90 Å². The first kappa shape index (κ1) is 15.0. The fourth-order valence-corrected chi connectivity index (χ4v) is 1.91. The van der Waals surface area contributed by atoms with Crippen molar-refractivity contribution in [2.45, 2.75) is 25.1 Å². The summed E-state index contributed by atoms with van der Waals surface area (Å²) in [5.41, 5.74) is -2.30. The summed E-state index contributed by atoms with van der Waals surface area (Å²) in [6.45, 7) is -0.604. The third kappa shape index (κ3) is 3.38. The van der Waals surface area contributed by atoms with Gasteiger partial charge in [0.15, 0.2) is 0 Å². The van der Waals surface area contributed by atoms with E-state index in [1.165, 1.54) is 0 Å². The molecule has 0 amide bonds. The molecule has 0 aromatic carbocycles. The maximum atomic E-state index is 12.7. The van der Waals surface area contributed by atoms with Gasteiger partial charge in [-0.25, -0.2) is 4.98 Å². The van der Waals surface area contributed by atoms with Crippen LogP contribution in [0.15, 0.2) is 12.3 Å². The number of nitrogens with zero attached hydrogens (tertiary/aromatic N) is 3. The van der Waals surface area contributed by atoms with Crippen LogP contribution in [0.5, 0.6) is 0 Å². The Hall–Kier alpha value is -2.39. The van der Waals surface area contributed by atoms with Gasteiger partial charge in [-0.15, -0.1) is 0 Å². The minimum Gasteiger partial charge on any atom is -0.480 e. The van der Waals surface area contributed by atoms with Crippen LogP contribution in [0.25, 0.3) is 0 Å². The van der Waals surface area contributed by atoms with Gasteiger partial charge in [0.2, 0.25) is 0 Å². The molecule has 1 N–H and O–H groups in total. The number of anilines is 1. The lowest BCUT2D eigenvalue weighted by molar-refractivity contribution is -0.384. The highest BCUT2D eigenvalue weighted by Gasteiger charge is 2.38. The first-order valence-electron chi connectivity index (χ1n) is 5.90. The summed E-state index contributed by atoms with van der Waals surface area (Å²) in [7, 11) is 0. The molecule has 0 bridgehead atoms. The van der Waals surface area contributed by atoms with E-state index >= 15 is 0 Å². The zero-order valence-electron chi connectivity index (χ0n) is 10.5. The fourth-order valence-electron chi connectivity index (χ4n) is 1.91. The van der Waals surface area contributed by atoms with Crippen molar-refractivity contribution < 1.29 is 28.0 Å². The summed E-state index contributed by atoms with van der Waals surface area (Å²) in [5.74, 6) is -1.28. The molecule has 0 spiro atoms. The Morgan fingerprint density at radius 2 is 2.14 bits per heavy atom. The molecule has 0 saturated heterocycles. The summed E-state index contributed by atoms with van der Waals surface area (Å²) in [5, 5.41) is 19.8. The van der Waals surface area contributed by atoms with Gasteiger partial charge in [-0.05, 0) is 18.9 Å². The molecule has 0 aliphatic heterocycles. The molecule has 1 aliphatic rings. The van der Waals surface area contributed by atoms with E-state index in [0.717, 1.165) is 4.90 Å². The standard InChI is InChI=1S/C11H10F3N3O4/c12-11(13,14)9-3-7(8(4-15-9)17(20)21)16(5-10(18)19)6-1-2-6/h3-4,6H,1-2,5H2,(H,18,19). The number of nitro groups is 1. The minimum atomic E-state index is -4.76. The first-order chi connectivity index (χ1) is 9.70. The molecular formula is C11H10F3N3O4. The molecule has 0 unspecified atom stereocenters. The Morgan fingerprint density at radius 3 is 2.57 bits per heavy atom. The quantitative estimate of drug-likeness (QED) is 0.660. The molecule has 21 heavy (non-hydrogen) atoms. The summed E-state index contributed by atoms with van der Waals surface area (Å²) in [6.07, 6.45) is -3.10. The van der Waals surface area contributed by atoms with Crippen LogP contribution in [0.2, 0.25) is 0 Å². The van der Waals surface area contributed by atoms with Gasteiger partial charge in [0.25, 0.3) is 0 Å². The molecule has 1 aromatic rings. The maximum absolute atomic E-state index is 12.7. The van der Waals surface area contributed by atoms with Crippen LogP contribution in [0, 0.1) is 10.1 Å². The van der Waals surface area contributed by atoms with E-state index < -0.39 is 35.0 Å². The van der Waals surface area contributed by atoms with Crippen molar-refractivity contribution in [3.8, 4) is 0 Å². The van der Waals surface area contributed by atoms with Crippen molar-refractivity contribution in [2.24, 2.45) is 0 Å². The van der Waals surface area contributed by atoms with Crippen LogP contribution in [0.3, 0.4) is 0 Å². The highest BCUT2D eigenvalue weighted by atomic mass is 19.4. The summed E-state index contributed by atoms with van der Waals surface area (Å²) < 4.78 is 38.0. The predicted octanol–water partition coefficient (Wildman–Crippen LogP) is 2.06. The second-order valence-corrected chi connectivity index (χ2v) is 4.57. The highest BCUT2D eigenvalue weighted by molar-refractivity contribution is 5.77. The molecule has 1 heterocycles. The summed E-state index contributed by atoms with van der Waals surface area (Å²) in [4.78, 5) is 25.0. The van der Waals surface area contributed by atoms with Crippen molar-refractivity contribution in [3.63, 3.8) is 0 Å². The number of carbonyl (C=O) groups is 1. The smallest absolute Gasteiger partial charge is 0.433 e. The third-order valence-corrected chi connectivity index (χ3v) is 2.95. The molecule has 2 rings (SSSR count). The molecule has 0 radical (unpaired) electrons. The first-order valence-corrected chi connectivity index (χ1v) is 5.90. The molecule has 0 atom stereocenters. The number of rotatable bonds is 5. The van der Waals surface area contributed by atoms with Gasteiger partial charge in [0.1, 0.15) is 24.1 Å². The van der Waals surface area contributed by atoms with Gasteiger partial charge in [-0.2, -0.15) is 13.2 Å². The average molecular weight is 305 g/mol. The highest BCUT2D eigenvalue weighted by Crippen LogP contribution is 2.39. The van der Waals surface area contributed by atoms with E-state index in [0.29, 0.717) is 25.1 Å². The lowest BCUT2D eigenvalue weighted by atomic mass is 10.2. The predicted molar refractivity (Wildman–Crippen MR) is 63.9 cm³/mol. The lowest BCUT2D eigenvalue weighted by Gasteiger charge is -2.22. The molecule has 1 saturated carbocycles. The Morgan fingerprint density at radius 1 is 1.52 bits per heavy atom. The van der Waals surface area contributed by atoms with Gasteiger partial charge in [0.05, 0.1) is 4.92 Å². The number of carboxylic acid groups (broad SMARTS) is 1. The van der Waals surface area contributed by atoms with Crippen LogP contribution in [-0.2, 0) is 11.0 Å². The van der Waals surface area contributed by atoms with Crippen molar-refractivity contribution in [1.82, 2.24) is 4.98 Å². The monoisotopic (exact) mass is 305 g/mol. The van der Waals surface area contributed by atoms with Crippen LogP contribution in [0.1, 0.15) is 18.5 Å². The molecule has 7 nitrogen and oxygen atoms in total. The van der Waals surface area contributed by atoms with Gasteiger partial charge < -0.3 is 10.0 Å². The van der Waals surface area contributed by atoms with Crippen molar-refractivity contribution in [3.05, 3.63) is 28.1 Å². The minimum absolute atomic E-state index is 0.303. The van der Waals surface area contributed by atoms with E-state index in [-0.39, 0.29) is 11.7 Å². The van der Waals surface area contributed by atoms with Crippen LogP contribution in [0.4, 0.5) is 24.5 Å². The number of hydrogen-bond acceptors (Lipinski definition) is 5. The van der Waals surface area contributed by atoms with E-state index in [1.54, 1.807) is 0 Å². The van der Waals surface area contributed by atoms with Crippen LogP contribution >= 0.6 is 0 Å². The maximum Gasteiger partial charge on any atom is 0.433 e. The molecular weight excluding hydrogens is 295 g/mol.